The molecular formula is C16H20N2O2S. The Hall–Kier alpha value is -1.85. The van der Waals surface area contributed by atoms with Crippen molar-refractivity contribution in [1.29, 1.82) is 0 Å². The van der Waals surface area contributed by atoms with Gasteiger partial charge >= 0.3 is 0 Å². The Morgan fingerprint density at radius 2 is 2.19 bits per heavy atom. The number of hydrogen-bond donors (Lipinski definition) is 2. The van der Waals surface area contributed by atoms with Crippen LogP contribution in [0.5, 0.6) is 5.75 Å². The third-order valence-electron chi connectivity index (χ3n) is 3.58. The average molecular weight is 304 g/mol. The van der Waals surface area contributed by atoms with E-state index in [0.717, 1.165) is 16.0 Å². The number of nitrogens with one attached hydrogen (secondary N) is 1. The van der Waals surface area contributed by atoms with Crippen molar-refractivity contribution in [2.24, 2.45) is 5.73 Å². The zero-order valence-corrected chi connectivity index (χ0v) is 13.3. The van der Waals surface area contributed by atoms with Crippen molar-refractivity contribution in [3.63, 3.8) is 0 Å². The molecule has 0 fully saturated rings. The first-order valence-corrected chi connectivity index (χ1v) is 7.58. The lowest BCUT2D eigenvalue weighted by Crippen LogP contribution is -2.50. The SMILES string of the molecule is COc1ccc(C)cc1C(C)(NCc1cccs1)C(N)=O. The quantitative estimate of drug-likeness (QED) is 0.862. The van der Waals surface area contributed by atoms with Crippen LogP contribution in [0.15, 0.2) is 35.7 Å². The van der Waals surface area contributed by atoms with E-state index in [-0.39, 0.29) is 0 Å². The molecule has 112 valence electrons. The first-order valence-electron chi connectivity index (χ1n) is 6.70. The number of primary amides is 1. The van der Waals surface area contributed by atoms with Crippen LogP contribution in [0.3, 0.4) is 0 Å². The van der Waals surface area contributed by atoms with Crippen molar-refractivity contribution in [2.75, 3.05) is 7.11 Å². The largest absolute Gasteiger partial charge is 0.496 e. The van der Waals surface area contributed by atoms with Gasteiger partial charge in [0.2, 0.25) is 5.91 Å². The minimum atomic E-state index is -0.985. The van der Waals surface area contributed by atoms with Gasteiger partial charge in [0, 0.05) is 17.0 Å². The molecule has 0 spiro atoms. The number of nitrogens with two attached hydrogens (primary N) is 1. The summed E-state index contributed by atoms with van der Waals surface area (Å²) in [5, 5.41) is 5.28. The fourth-order valence-electron chi connectivity index (χ4n) is 2.20. The summed E-state index contributed by atoms with van der Waals surface area (Å²) in [4.78, 5) is 13.2. The van der Waals surface area contributed by atoms with Crippen LogP contribution in [-0.2, 0) is 16.9 Å². The van der Waals surface area contributed by atoms with Gasteiger partial charge in [-0.25, -0.2) is 0 Å². The summed E-state index contributed by atoms with van der Waals surface area (Å²) in [6.07, 6.45) is 0. The third-order valence-corrected chi connectivity index (χ3v) is 4.46. The highest BCUT2D eigenvalue weighted by molar-refractivity contribution is 7.09. The van der Waals surface area contributed by atoms with E-state index in [1.54, 1.807) is 25.4 Å². The molecule has 0 saturated carbocycles. The van der Waals surface area contributed by atoms with E-state index in [0.29, 0.717) is 12.3 Å². The highest BCUT2D eigenvalue weighted by Crippen LogP contribution is 2.31. The first-order chi connectivity index (χ1) is 9.97. The molecular weight excluding hydrogens is 284 g/mol. The van der Waals surface area contributed by atoms with Gasteiger partial charge in [-0.2, -0.15) is 0 Å². The van der Waals surface area contributed by atoms with E-state index < -0.39 is 11.4 Å². The highest BCUT2D eigenvalue weighted by atomic mass is 32.1. The number of carbonyl (C=O) groups is 1. The van der Waals surface area contributed by atoms with E-state index in [9.17, 15) is 4.79 Å². The average Bonchev–Trinajstić information content (AvgIpc) is 2.97. The molecule has 21 heavy (non-hydrogen) atoms. The number of rotatable bonds is 6. The van der Waals surface area contributed by atoms with E-state index >= 15 is 0 Å². The Kier molecular flexibility index (Phi) is 4.65. The zero-order valence-electron chi connectivity index (χ0n) is 12.5. The van der Waals surface area contributed by atoms with Gasteiger partial charge in [-0.05, 0) is 37.4 Å². The topological polar surface area (TPSA) is 64.3 Å². The summed E-state index contributed by atoms with van der Waals surface area (Å²) in [6.45, 7) is 4.35. The van der Waals surface area contributed by atoms with Crippen molar-refractivity contribution in [3.05, 3.63) is 51.7 Å². The van der Waals surface area contributed by atoms with Crippen molar-refractivity contribution >= 4 is 17.2 Å². The number of thiophene rings is 1. The molecule has 3 N–H and O–H groups in total. The molecule has 0 aliphatic carbocycles. The van der Waals surface area contributed by atoms with Gasteiger partial charge in [0.25, 0.3) is 0 Å². The molecule has 0 saturated heterocycles. The summed E-state index contributed by atoms with van der Waals surface area (Å²) in [5.41, 5.74) is 6.49. The standard InChI is InChI=1S/C16H20N2O2S/c1-11-6-7-14(20-3)13(9-11)16(2,15(17)19)18-10-12-5-4-8-21-12/h4-9,18H,10H2,1-3H3,(H2,17,19). The van der Waals surface area contributed by atoms with Gasteiger partial charge in [-0.15, -0.1) is 11.3 Å². The second-order valence-electron chi connectivity index (χ2n) is 5.13. The fourth-order valence-corrected chi connectivity index (χ4v) is 2.85. The molecule has 5 heteroatoms. The minimum Gasteiger partial charge on any atom is -0.496 e. The number of amides is 1. The summed E-state index contributed by atoms with van der Waals surface area (Å²) in [5.74, 6) is 0.225. The van der Waals surface area contributed by atoms with Crippen LogP contribution in [0.1, 0.15) is 22.9 Å². The smallest absolute Gasteiger partial charge is 0.242 e. The highest BCUT2D eigenvalue weighted by Gasteiger charge is 2.35. The number of hydrogen-bond acceptors (Lipinski definition) is 4. The number of methoxy groups -OCH3 is 1. The van der Waals surface area contributed by atoms with Crippen LogP contribution in [0.25, 0.3) is 0 Å². The summed E-state index contributed by atoms with van der Waals surface area (Å²) < 4.78 is 5.39. The van der Waals surface area contributed by atoms with Crippen molar-refractivity contribution in [2.45, 2.75) is 25.9 Å². The maximum Gasteiger partial charge on any atom is 0.242 e. The normalized spacial score (nSPS) is 13.7. The Bertz CT molecular complexity index is 625. The molecule has 1 amide bonds. The van der Waals surface area contributed by atoms with Gasteiger partial charge in [0.1, 0.15) is 11.3 Å². The van der Waals surface area contributed by atoms with E-state index in [1.807, 2.05) is 42.6 Å². The number of carbonyl (C=O) groups excluding carboxylic acids is 1. The molecule has 1 heterocycles. The van der Waals surface area contributed by atoms with E-state index in [2.05, 4.69) is 5.32 Å². The van der Waals surface area contributed by atoms with Gasteiger partial charge in [0.15, 0.2) is 0 Å². The van der Waals surface area contributed by atoms with Crippen LogP contribution in [0.2, 0.25) is 0 Å². The molecule has 2 aromatic rings. The lowest BCUT2D eigenvalue weighted by atomic mass is 9.89. The molecule has 1 unspecified atom stereocenters. The monoisotopic (exact) mass is 304 g/mol. The molecule has 1 atom stereocenters. The second-order valence-corrected chi connectivity index (χ2v) is 6.16. The second kappa shape index (κ2) is 6.28. The molecule has 0 bridgehead atoms. The van der Waals surface area contributed by atoms with Gasteiger partial charge in [-0.1, -0.05) is 17.7 Å². The molecule has 0 aliphatic heterocycles. The first kappa shape index (κ1) is 15.5. The maximum absolute atomic E-state index is 12.1. The lowest BCUT2D eigenvalue weighted by molar-refractivity contribution is -0.124. The van der Waals surface area contributed by atoms with Gasteiger partial charge < -0.3 is 10.5 Å². The molecule has 0 aliphatic rings. The molecule has 1 aromatic carbocycles. The maximum atomic E-state index is 12.1. The van der Waals surface area contributed by atoms with Crippen LogP contribution in [0.4, 0.5) is 0 Å². The number of benzene rings is 1. The van der Waals surface area contributed by atoms with Crippen LogP contribution < -0.4 is 15.8 Å². The molecule has 2 rings (SSSR count). The molecule has 4 nitrogen and oxygen atoms in total. The Labute approximate surface area is 128 Å². The lowest BCUT2D eigenvalue weighted by Gasteiger charge is -2.29. The van der Waals surface area contributed by atoms with E-state index in [1.165, 1.54) is 0 Å². The summed E-state index contributed by atoms with van der Waals surface area (Å²) in [7, 11) is 1.59. The van der Waals surface area contributed by atoms with Crippen LogP contribution in [-0.4, -0.2) is 13.0 Å². The number of ether oxygens (including phenoxy) is 1. The van der Waals surface area contributed by atoms with Crippen LogP contribution in [0, 0.1) is 6.92 Å². The predicted molar refractivity (Wildman–Crippen MR) is 85.4 cm³/mol. The fraction of sp³-hybridized carbons (Fsp3) is 0.312. The molecule has 0 radical (unpaired) electrons. The van der Waals surface area contributed by atoms with Crippen molar-refractivity contribution in [3.8, 4) is 5.75 Å². The Morgan fingerprint density at radius 1 is 1.43 bits per heavy atom. The third kappa shape index (κ3) is 3.25. The minimum absolute atomic E-state index is 0.428. The number of aryl methyl sites for hydroxylation is 1. The summed E-state index contributed by atoms with van der Waals surface area (Å²) in [6, 6.07) is 9.75. The Morgan fingerprint density at radius 3 is 2.76 bits per heavy atom. The van der Waals surface area contributed by atoms with Crippen molar-refractivity contribution < 1.29 is 9.53 Å². The van der Waals surface area contributed by atoms with Crippen molar-refractivity contribution in [1.82, 2.24) is 5.32 Å². The molecule has 1 aromatic heterocycles. The van der Waals surface area contributed by atoms with Crippen LogP contribution >= 0.6 is 11.3 Å². The zero-order chi connectivity index (χ0) is 15.5. The van der Waals surface area contributed by atoms with Gasteiger partial charge in [0.05, 0.1) is 7.11 Å². The summed E-state index contributed by atoms with van der Waals surface area (Å²) >= 11 is 1.64. The van der Waals surface area contributed by atoms with E-state index in [4.69, 9.17) is 10.5 Å². The predicted octanol–water partition coefficient (Wildman–Crippen LogP) is 2.56. The Balaban J connectivity index is 2.37. The van der Waals surface area contributed by atoms with Gasteiger partial charge in [-0.3, -0.25) is 10.1 Å².